The molecule has 0 aliphatic carbocycles. The molecule has 0 bridgehead atoms. The van der Waals surface area contributed by atoms with Crippen molar-refractivity contribution in [1.82, 2.24) is 5.32 Å². The van der Waals surface area contributed by atoms with Gasteiger partial charge in [-0.3, -0.25) is 0 Å². The van der Waals surface area contributed by atoms with Crippen molar-refractivity contribution in [3.63, 3.8) is 0 Å². The van der Waals surface area contributed by atoms with Gasteiger partial charge in [0.25, 0.3) is 0 Å². The molecule has 16 heavy (non-hydrogen) atoms. The van der Waals surface area contributed by atoms with Crippen molar-refractivity contribution in [2.45, 2.75) is 25.4 Å². The van der Waals surface area contributed by atoms with Crippen LogP contribution in [0.1, 0.15) is 17.7 Å². The van der Waals surface area contributed by atoms with E-state index in [1.807, 2.05) is 11.4 Å². The summed E-state index contributed by atoms with van der Waals surface area (Å²) in [6.07, 6.45) is 1.74. The maximum Gasteiger partial charge on any atom is 0.151 e. The summed E-state index contributed by atoms with van der Waals surface area (Å²) in [4.78, 5) is 1.22. The third-order valence-electron chi connectivity index (χ3n) is 2.71. The summed E-state index contributed by atoms with van der Waals surface area (Å²) in [6, 6.07) is 2.13. The summed E-state index contributed by atoms with van der Waals surface area (Å²) in [5.74, 6) is 0.643. The minimum atomic E-state index is -2.80. The van der Waals surface area contributed by atoms with Gasteiger partial charge in [0.1, 0.15) is 0 Å². The van der Waals surface area contributed by atoms with Gasteiger partial charge in [0.15, 0.2) is 9.84 Å². The van der Waals surface area contributed by atoms with Crippen LogP contribution >= 0.6 is 27.3 Å². The van der Waals surface area contributed by atoms with E-state index in [4.69, 9.17) is 0 Å². The van der Waals surface area contributed by atoms with Crippen molar-refractivity contribution in [1.29, 1.82) is 0 Å². The van der Waals surface area contributed by atoms with E-state index in [1.54, 1.807) is 11.3 Å². The number of hydrogen-bond acceptors (Lipinski definition) is 4. The second-order valence-electron chi connectivity index (χ2n) is 4.03. The molecule has 0 amide bonds. The minimum Gasteiger partial charge on any atom is -0.308 e. The second kappa shape index (κ2) is 5.16. The van der Waals surface area contributed by atoms with Gasteiger partial charge in [-0.1, -0.05) is 0 Å². The highest BCUT2D eigenvalue weighted by molar-refractivity contribution is 9.10. The molecule has 1 fully saturated rings. The number of hydrogen-bond donors (Lipinski definition) is 1. The molecule has 1 N–H and O–H groups in total. The van der Waals surface area contributed by atoms with Crippen LogP contribution in [0.5, 0.6) is 0 Å². The number of sulfone groups is 1. The van der Waals surface area contributed by atoms with E-state index >= 15 is 0 Å². The third kappa shape index (κ3) is 3.29. The van der Waals surface area contributed by atoms with Crippen molar-refractivity contribution in [3.8, 4) is 0 Å². The third-order valence-corrected chi connectivity index (χ3v) is 6.45. The normalized spacial score (nSPS) is 24.4. The lowest BCUT2D eigenvalue weighted by molar-refractivity contribution is 0.481. The first-order valence-electron chi connectivity index (χ1n) is 5.22. The average molecular weight is 324 g/mol. The van der Waals surface area contributed by atoms with Gasteiger partial charge in [0.05, 0.1) is 11.5 Å². The van der Waals surface area contributed by atoms with Gasteiger partial charge in [-0.05, 0) is 40.2 Å². The number of thiophene rings is 1. The summed E-state index contributed by atoms with van der Waals surface area (Å²) >= 11 is 5.15. The van der Waals surface area contributed by atoms with Crippen LogP contribution < -0.4 is 5.32 Å². The fourth-order valence-electron chi connectivity index (χ4n) is 1.87. The first kappa shape index (κ1) is 12.5. The lowest BCUT2D eigenvalue weighted by Gasteiger charge is -2.22. The zero-order valence-corrected chi connectivity index (χ0v) is 12.0. The molecule has 1 unspecified atom stereocenters. The van der Waals surface area contributed by atoms with E-state index in [0.717, 1.165) is 23.9 Å². The number of nitrogens with one attached hydrogen (secondary N) is 1. The standard InChI is InChI=1S/C10H14BrNO2S2/c11-9-3-4-15-10(9)6-12-8-2-1-5-16(13,14)7-8/h3-4,8,12H,1-2,5-7H2. The van der Waals surface area contributed by atoms with E-state index in [2.05, 4.69) is 21.2 Å². The Morgan fingerprint density at radius 2 is 2.38 bits per heavy atom. The summed E-state index contributed by atoms with van der Waals surface area (Å²) < 4.78 is 24.0. The molecule has 90 valence electrons. The van der Waals surface area contributed by atoms with Crippen LogP contribution in [0.2, 0.25) is 0 Å². The highest BCUT2D eigenvalue weighted by Crippen LogP contribution is 2.23. The van der Waals surface area contributed by atoms with Gasteiger partial charge in [0.2, 0.25) is 0 Å². The van der Waals surface area contributed by atoms with Gasteiger partial charge >= 0.3 is 0 Å². The summed E-state index contributed by atoms with van der Waals surface area (Å²) in [6.45, 7) is 0.748. The van der Waals surface area contributed by atoms with Crippen LogP contribution in [0.25, 0.3) is 0 Å². The Morgan fingerprint density at radius 1 is 1.56 bits per heavy atom. The topological polar surface area (TPSA) is 46.2 Å². The van der Waals surface area contributed by atoms with Crippen molar-refractivity contribution in [3.05, 3.63) is 20.8 Å². The van der Waals surface area contributed by atoms with Crippen LogP contribution in [-0.4, -0.2) is 26.0 Å². The summed E-state index contributed by atoms with van der Waals surface area (Å²) in [7, 11) is -2.80. The Hall–Kier alpha value is 0.0900. The molecule has 1 aromatic heterocycles. The fourth-order valence-corrected chi connectivity index (χ4v) is 4.99. The molecule has 2 heterocycles. The summed E-state index contributed by atoms with van der Waals surface area (Å²) in [5.41, 5.74) is 0. The number of halogens is 1. The van der Waals surface area contributed by atoms with E-state index in [1.165, 1.54) is 4.88 Å². The van der Waals surface area contributed by atoms with Crippen molar-refractivity contribution < 1.29 is 8.42 Å². The van der Waals surface area contributed by atoms with Gasteiger partial charge in [-0.25, -0.2) is 8.42 Å². The highest BCUT2D eigenvalue weighted by Gasteiger charge is 2.24. The molecule has 1 atom stereocenters. The van der Waals surface area contributed by atoms with Gasteiger partial charge in [-0.15, -0.1) is 11.3 Å². The van der Waals surface area contributed by atoms with Crippen LogP contribution in [-0.2, 0) is 16.4 Å². The molecule has 0 saturated carbocycles. The quantitative estimate of drug-likeness (QED) is 0.927. The van der Waals surface area contributed by atoms with E-state index < -0.39 is 9.84 Å². The van der Waals surface area contributed by atoms with E-state index in [0.29, 0.717) is 5.75 Å². The van der Waals surface area contributed by atoms with Crippen molar-refractivity contribution in [2.75, 3.05) is 11.5 Å². The SMILES string of the molecule is O=S1(=O)CCCC(NCc2sccc2Br)C1. The molecule has 0 aromatic carbocycles. The molecule has 1 aliphatic heterocycles. The molecule has 1 aliphatic rings. The predicted octanol–water partition coefficient (Wildman–Crippen LogP) is 2.18. The molecular formula is C10H14BrNO2S2. The van der Waals surface area contributed by atoms with Crippen molar-refractivity contribution >= 4 is 37.1 Å². The van der Waals surface area contributed by atoms with Gasteiger partial charge in [0, 0.05) is 21.9 Å². The molecule has 0 spiro atoms. The molecule has 2 rings (SSSR count). The Labute approximate surface area is 108 Å². The molecule has 0 radical (unpaired) electrons. The lowest BCUT2D eigenvalue weighted by Crippen LogP contribution is -2.39. The van der Waals surface area contributed by atoms with Crippen LogP contribution in [0.15, 0.2) is 15.9 Å². The lowest BCUT2D eigenvalue weighted by atomic mass is 10.2. The number of rotatable bonds is 3. The maximum atomic E-state index is 11.4. The predicted molar refractivity (Wildman–Crippen MR) is 70.5 cm³/mol. The highest BCUT2D eigenvalue weighted by atomic mass is 79.9. The Kier molecular flexibility index (Phi) is 4.05. The first-order chi connectivity index (χ1) is 7.57. The zero-order chi connectivity index (χ0) is 11.6. The summed E-state index contributed by atoms with van der Waals surface area (Å²) in [5, 5.41) is 5.35. The molecule has 6 heteroatoms. The molecule has 1 aromatic rings. The van der Waals surface area contributed by atoms with Crippen LogP contribution in [0.4, 0.5) is 0 Å². The first-order valence-corrected chi connectivity index (χ1v) is 8.72. The average Bonchev–Trinajstić information content (AvgIpc) is 2.60. The van der Waals surface area contributed by atoms with Crippen molar-refractivity contribution in [2.24, 2.45) is 0 Å². The minimum absolute atomic E-state index is 0.118. The monoisotopic (exact) mass is 323 g/mol. The fraction of sp³-hybridized carbons (Fsp3) is 0.600. The largest absolute Gasteiger partial charge is 0.308 e. The Bertz CT molecular complexity index is 455. The molecule has 3 nitrogen and oxygen atoms in total. The van der Waals surface area contributed by atoms with Gasteiger partial charge < -0.3 is 5.32 Å². The Balaban J connectivity index is 1.89. The van der Waals surface area contributed by atoms with E-state index in [-0.39, 0.29) is 11.8 Å². The van der Waals surface area contributed by atoms with Crippen LogP contribution in [0, 0.1) is 0 Å². The smallest absolute Gasteiger partial charge is 0.151 e. The molecule has 1 saturated heterocycles. The van der Waals surface area contributed by atoms with E-state index in [9.17, 15) is 8.42 Å². The molecular weight excluding hydrogens is 310 g/mol. The second-order valence-corrected chi connectivity index (χ2v) is 8.11. The maximum absolute atomic E-state index is 11.4. The Morgan fingerprint density at radius 3 is 3.00 bits per heavy atom. The van der Waals surface area contributed by atoms with Gasteiger partial charge in [-0.2, -0.15) is 0 Å². The zero-order valence-electron chi connectivity index (χ0n) is 8.78. The van der Waals surface area contributed by atoms with Crippen LogP contribution in [0.3, 0.4) is 0 Å².